The number of rotatable bonds is 5. The van der Waals surface area contributed by atoms with Crippen LogP contribution in [0, 0.1) is 5.92 Å². The van der Waals surface area contributed by atoms with E-state index in [4.69, 9.17) is 15.5 Å². The van der Waals surface area contributed by atoms with E-state index >= 15 is 0 Å². The molecule has 1 unspecified atom stereocenters. The Kier molecular flexibility index (Phi) is 4.49. The molecule has 3 aromatic heterocycles. The summed E-state index contributed by atoms with van der Waals surface area (Å²) in [4.78, 5) is 9.19. The number of aryl methyl sites for hydroxylation is 1. The third-order valence-electron chi connectivity index (χ3n) is 6.89. The van der Waals surface area contributed by atoms with Gasteiger partial charge in [0, 0.05) is 24.6 Å². The molecule has 0 saturated heterocycles. The van der Waals surface area contributed by atoms with Gasteiger partial charge in [0.25, 0.3) is 5.92 Å². The minimum Gasteiger partial charge on any atom is -0.494 e. The summed E-state index contributed by atoms with van der Waals surface area (Å²) in [7, 11) is 1.60. The summed E-state index contributed by atoms with van der Waals surface area (Å²) in [6, 6.07) is 5.45. The largest absolute Gasteiger partial charge is 0.494 e. The van der Waals surface area contributed by atoms with Gasteiger partial charge in [0.05, 0.1) is 24.5 Å². The fraction of sp³-hybridized carbons (Fsp3) is 0.500. The van der Waals surface area contributed by atoms with Gasteiger partial charge in [-0.2, -0.15) is 4.52 Å². The van der Waals surface area contributed by atoms with Crippen molar-refractivity contribution in [2.24, 2.45) is 5.92 Å². The molecule has 0 aliphatic heterocycles. The first kappa shape index (κ1) is 20.3. The van der Waals surface area contributed by atoms with E-state index in [9.17, 15) is 8.78 Å². The van der Waals surface area contributed by atoms with Gasteiger partial charge in [-0.05, 0) is 43.7 Å². The summed E-state index contributed by atoms with van der Waals surface area (Å²) in [5, 5.41) is 13.9. The summed E-state index contributed by atoms with van der Waals surface area (Å²) in [5.41, 5.74) is 9.43. The molecule has 3 heterocycles. The third kappa shape index (κ3) is 3.37. The number of ether oxygens (including phenoxy) is 1. The molecule has 2 aliphatic rings. The molecule has 0 amide bonds. The summed E-state index contributed by atoms with van der Waals surface area (Å²) < 4.78 is 35.3. The molecule has 11 heteroatoms. The van der Waals surface area contributed by atoms with Gasteiger partial charge in [-0.3, -0.25) is 0 Å². The van der Waals surface area contributed by atoms with Crippen LogP contribution in [0.2, 0.25) is 0 Å². The van der Waals surface area contributed by atoms with E-state index in [1.165, 1.54) is 0 Å². The van der Waals surface area contributed by atoms with Gasteiger partial charge in [0.15, 0.2) is 11.5 Å². The van der Waals surface area contributed by atoms with Crippen LogP contribution < -0.4 is 10.5 Å². The number of benzene rings is 1. The fourth-order valence-corrected chi connectivity index (χ4v) is 5.09. The van der Waals surface area contributed by atoms with Gasteiger partial charge >= 0.3 is 0 Å². The van der Waals surface area contributed by atoms with Crippen molar-refractivity contribution in [2.45, 2.75) is 56.9 Å². The van der Waals surface area contributed by atoms with Crippen molar-refractivity contribution in [1.82, 2.24) is 34.6 Å². The maximum Gasteiger partial charge on any atom is 0.252 e. The lowest BCUT2D eigenvalue weighted by molar-refractivity contribution is -0.107. The summed E-state index contributed by atoms with van der Waals surface area (Å²) in [5.74, 6) is -0.518. The van der Waals surface area contributed by atoms with Crippen molar-refractivity contribution in [3.05, 3.63) is 35.4 Å². The number of nitrogens with two attached hydrogens (primary N) is 1. The highest BCUT2D eigenvalue weighted by atomic mass is 19.3. The topological polar surface area (TPSA) is 109 Å². The Morgan fingerprint density at radius 2 is 2.09 bits per heavy atom. The minimum absolute atomic E-state index is 0.135. The van der Waals surface area contributed by atoms with Crippen molar-refractivity contribution < 1.29 is 13.5 Å². The average molecular weight is 454 g/mol. The molecule has 1 atom stereocenters. The Morgan fingerprint density at radius 3 is 2.88 bits per heavy atom. The Morgan fingerprint density at radius 1 is 1.24 bits per heavy atom. The Hall–Kier alpha value is -3.37. The summed E-state index contributed by atoms with van der Waals surface area (Å²) in [6.45, 7) is 0. The zero-order valence-electron chi connectivity index (χ0n) is 18.2. The zero-order chi connectivity index (χ0) is 22.7. The first-order valence-electron chi connectivity index (χ1n) is 11.2. The molecule has 4 aromatic rings. The molecule has 1 aromatic carbocycles. The maximum atomic E-state index is 13.3. The quantitative estimate of drug-likeness (QED) is 0.493. The number of alkyl halides is 2. The van der Waals surface area contributed by atoms with Gasteiger partial charge in [-0.25, -0.2) is 23.4 Å². The highest BCUT2D eigenvalue weighted by Crippen LogP contribution is 2.46. The SMILES string of the molecule is COc1cccc2c1nc(N)n1nc(CCC3CCc4c(nnn4C4CC(F)(F)C4)C3)nc21. The molecule has 6 rings (SSSR count). The number of fused-ring (bicyclic) bond motifs is 4. The number of anilines is 1. The van der Waals surface area contributed by atoms with E-state index in [2.05, 4.69) is 20.4 Å². The molecule has 2 N–H and O–H groups in total. The standard InChI is InChI=1S/C22H24F2N8O/c1-33-17-4-2-3-14-19(17)27-21(25)32-20(14)26-18(29-32)8-6-12-5-7-16-15(9-12)28-30-31(16)13-10-22(23,24)11-13/h2-4,12-13H,5-11H2,1H3,(H2,25,27). The number of para-hydroxylation sites is 1. The highest BCUT2D eigenvalue weighted by Gasteiger charge is 2.47. The van der Waals surface area contributed by atoms with Crippen LogP contribution in [0.15, 0.2) is 18.2 Å². The molecule has 1 fully saturated rings. The van der Waals surface area contributed by atoms with Gasteiger partial charge < -0.3 is 10.5 Å². The van der Waals surface area contributed by atoms with Crippen LogP contribution in [0.1, 0.15) is 48.9 Å². The summed E-state index contributed by atoms with van der Waals surface area (Å²) >= 11 is 0. The second-order valence-corrected chi connectivity index (χ2v) is 9.08. The van der Waals surface area contributed by atoms with Crippen LogP contribution in [0.25, 0.3) is 16.6 Å². The molecule has 9 nitrogen and oxygen atoms in total. The van der Waals surface area contributed by atoms with E-state index in [0.717, 1.165) is 42.5 Å². The van der Waals surface area contributed by atoms with Crippen molar-refractivity contribution in [3.8, 4) is 5.75 Å². The van der Waals surface area contributed by atoms with E-state index in [-0.39, 0.29) is 24.8 Å². The van der Waals surface area contributed by atoms with E-state index < -0.39 is 5.92 Å². The molecule has 0 bridgehead atoms. The van der Waals surface area contributed by atoms with Gasteiger partial charge in [0.1, 0.15) is 11.3 Å². The zero-order valence-corrected chi connectivity index (χ0v) is 18.2. The van der Waals surface area contributed by atoms with E-state index in [1.54, 1.807) is 16.3 Å². The second kappa shape index (κ2) is 7.32. The fourth-order valence-electron chi connectivity index (χ4n) is 5.09. The molecule has 2 aliphatic carbocycles. The first-order valence-corrected chi connectivity index (χ1v) is 11.2. The van der Waals surface area contributed by atoms with Crippen LogP contribution in [0.4, 0.5) is 14.7 Å². The van der Waals surface area contributed by atoms with Crippen molar-refractivity contribution in [3.63, 3.8) is 0 Å². The molecule has 172 valence electrons. The number of methoxy groups -OCH3 is 1. The smallest absolute Gasteiger partial charge is 0.252 e. The lowest BCUT2D eigenvalue weighted by Gasteiger charge is -2.36. The Labute approximate surface area is 187 Å². The predicted octanol–water partition coefficient (Wildman–Crippen LogP) is 3.17. The van der Waals surface area contributed by atoms with Gasteiger partial charge in [-0.1, -0.05) is 11.3 Å². The Bertz CT molecular complexity index is 1360. The van der Waals surface area contributed by atoms with Crippen LogP contribution in [0.5, 0.6) is 5.75 Å². The first-order chi connectivity index (χ1) is 15.9. The van der Waals surface area contributed by atoms with Gasteiger partial charge in [0.2, 0.25) is 5.95 Å². The maximum absolute atomic E-state index is 13.3. The lowest BCUT2D eigenvalue weighted by atomic mass is 9.84. The number of halogens is 2. The average Bonchev–Trinajstić information content (AvgIpc) is 3.40. The van der Waals surface area contributed by atoms with Crippen molar-refractivity contribution in [2.75, 3.05) is 12.8 Å². The number of nitrogen functional groups attached to an aromatic ring is 1. The van der Waals surface area contributed by atoms with Crippen molar-refractivity contribution >= 4 is 22.5 Å². The molecule has 1 saturated carbocycles. The predicted molar refractivity (Wildman–Crippen MR) is 116 cm³/mol. The molecule has 33 heavy (non-hydrogen) atoms. The third-order valence-corrected chi connectivity index (χ3v) is 6.89. The van der Waals surface area contributed by atoms with E-state index in [1.807, 2.05) is 18.2 Å². The number of nitrogens with zero attached hydrogens (tertiary/aromatic N) is 7. The van der Waals surface area contributed by atoms with Gasteiger partial charge in [-0.15, -0.1) is 10.2 Å². The van der Waals surface area contributed by atoms with Crippen LogP contribution >= 0.6 is 0 Å². The van der Waals surface area contributed by atoms with Crippen molar-refractivity contribution in [1.29, 1.82) is 0 Å². The van der Waals surface area contributed by atoms with Crippen LogP contribution in [-0.2, 0) is 19.3 Å². The normalized spacial score (nSPS) is 20.2. The van der Waals surface area contributed by atoms with E-state index in [0.29, 0.717) is 35.1 Å². The number of aromatic nitrogens is 7. The van der Waals surface area contributed by atoms with Crippen LogP contribution in [-0.4, -0.2) is 47.6 Å². The number of hydrogen-bond acceptors (Lipinski definition) is 7. The Balaban J connectivity index is 1.18. The molecule has 0 spiro atoms. The molecule has 0 radical (unpaired) electrons. The second-order valence-electron chi connectivity index (χ2n) is 9.08. The molecular weight excluding hydrogens is 430 g/mol. The monoisotopic (exact) mass is 454 g/mol. The highest BCUT2D eigenvalue weighted by molar-refractivity contribution is 5.95. The number of hydrogen-bond donors (Lipinski definition) is 1. The minimum atomic E-state index is -2.56. The molecular formula is C22H24F2N8O. The van der Waals surface area contributed by atoms with Crippen LogP contribution in [0.3, 0.4) is 0 Å². The summed E-state index contributed by atoms with van der Waals surface area (Å²) in [6.07, 6.45) is 3.93. The lowest BCUT2D eigenvalue weighted by Crippen LogP contribution is -2.38.